The molecule has 1 saturated heterocycles. The third-order valence-electron chi connectivity index (χ3n) is 5.75. The van der Waals surface area contributed by atoms with Crippen LogP contribution in [0, 0.1) is 12.8 Å². The quantitative estimate of drug-likeness (QED) is 0.537. The van der Waals surface area contributed by atoms with E-state index in [2.05, 4.69) is 10.6 Å². The topological polar surface area (TPSA) is 81.7 Å². The van der Waals surface area contributed by atoms with Crippen LogP contribution in [0.3, 0.4) is 0 Å². The summed E-state index contributed by atoms with van der Waals surface area (Å²) in [7, 11) is 0. The fourth-order valence-electron chi connectivity index (χ4n) is 3.91. The number of carbonyl (C=O) groups excluding carboxylic acids is 2. The van der Waals surface area contributed by atoms with Crippen molar-refractivity contribution in [2.75, 3.05) is 23.7 Å². The molecule has 1 fully saturated rings. The molecule has 1 aliphatic heterocycles. The Labute approximate surface area is 187 Å². The van der Waals surface area contributed by atoms with Crippen LogP contribution in [0.4, 0.5) is 17.1 Å². The Bertz CT molecular complexity index is 1090. The molecule has 3 aromatic rings. The predicted octanol–water partition coefficient (Wildman–Crippen LogP) is 4.94. The number of nitrogens with zero attached hydrogens (tertiary/aromatic N) is 1. The number of phenolic OH excluding ortho intramolecular Hbond substituents is 1. The number of carbonyl (C=O) groups is 2. The number of para-hydroxylation sites is 1. The molecule has 0 aromatic heterocycles. The smallest absolute Gasteiger partial charge is 0.257 e. The monoisotopic (exact) mass is 429 g/mol. The van der Waals surface area contributed by atoms with Gasteiger partial charge in [0.15, 0.2) is 0 Å². The lowest BCUT2D eigenvalue weighted by Crippen LogP contribution is -2.41. The first-order valence-electron chi connectivity index (χ1n) is 10.8. The summed E-state index contributed by atoms with van der Waals surface area (Å²) < 4.78 is 0. The number of nitrogens with one attached hydrogen (secondary N) is 2. The fraction of sp³-hybridized carbons (Fsp3) is 0.231. The van der Waals surface area contributed by atoms with Gasteiger partial charge in [-0.25, -0.2) is 0 Å². The van der Waals surface area contributed by atoms with Gasteiger partial charge in [-0.15, -0.1) is 0 Å². The summed E-state index contributed by atoms with van der Waals surface area (Å²) in [6.07, 6.45) is 1.19. The number of hydrogen-bond acceptors (Lipinski definition) is 4. The molecule has 0 atom stereocenters. The van der Waals surface area contributed by atoms with E-state index in [0.717, 1.165) is 22.6 Å². The van der Waals surface area contributed by atoms with Crippen LogP contribution in [-0.2, 0) is 4.79 Å². The second kappa shape index (κ2) is 9.56. The zero-order chi connectivity index (χ0) is 22.5. The number of amides is 2. The lowest BCUT2D eigenvalue weighted by molar-refractivity contribution is -0.121. The maximum Gasteiger partial charge on any atom is 0.257 e. The highest BCUT2D eigenvalue weighted by Gasteiger charge is 2.28. The van der Waals surface area contributed by atoms with Crippen LogP contribution in [0.1, 0.15) is 28.8 Å². The van der Waals surface area contributed by atoms with Crippen LogP contribution < -0.4 is 10.6 Å². The summed E-state index contributed by atoms with van der Waals surface area (Å²) >= 11 is 0. The number of rotatable bonds is 5. The fourth-order valence-corrected chi connectivity index (χ4v) is 3.91. The van der Waals surface area contributed by atoms with Gasteiger partial charge in [0.25, 0.3) is 5.91 Å². The Kier molecular flexibility index (Phi) is 6.40. The predicted molar refractivity (Wildman–Crippen MR) is 126 cm³/mol. The minimum atomic E-state index is -0.188. The van der Waals surface area contributed by atoms with Crippen molar-refractivity contribution >= 4 is 28.9 Å². The normalized spacial score (nSPS) is 14.1. The van der Waals surface area contributed by atoms with E-state index in [-0.39, 0.29) is 23.5 Å². The molecule has 32 heavy (non-hydrogen) atoms. The van der Waals surface area contributed by atoms with Crippen molar-refractivity contribution in [3.63, 3.8) is 0 Å². The molecule has 3 aromatic carbocycles. The Morgan fingerprint density at radius 3 is 2.19 bits per heavy atom. The molecule has 0 saturated carbocycles. The zero-order valence-corrected chi connectivity index (χ0v) is 18.0. The van der Waals surface area contributed by atoms with E-state index in [1.165, 1.54) is 0 Å². The van der Waals surface area contributed by atoms with Crippen LogP contribution in [-0.4, -0.2) is 34.9 Å². The summed E-state index contributed by atoms with van der Waals surface area (Å²) in [5.41, 5.74) is 3.93. The number of aryl methyl sites for hydroxylation is 1. The molecule has 2 amide bonds. The first-order chi connectivity index (χ1) is 15.5. The van der Waals surface area contributed by atoms with E-state index in [1.807, 2.05) is 61.5 Å². The van der Waals surface area contributed by atoms with E-state index in [9.17, 15) is 14.7 Å². The average molecular weight is 430 g/mol. The second-order valence-electron chi connectivity index (χ2n) is 8.14. The number of aromatic hydroxyl groups is 1. The maximum atomic E-state index is 12.8. The van der Waals surface area contributed by atoms with Crippen molar-refractivity contribution in [2.24, 2.45) is 5.92 Å². The lowest BCUT2D eigenvalue weighted by atomic mass is 9.95. The minimum absolute atomic E-state index is 0.00864. The third kappa shape index (κ3) is 5.09. The number of hydrogen-bond donors (Lipinski definition) is 3. The van der Waals surface area contributed by atoms with Gasteiger partial charge in [-0.2, -0.15) is 0 Å². The largest absolute Gasteiger partial charge is 0.507 e. The molecule has 0 aliphatic carbocycles. The van der Waals surface area contributed by atoms with Crippen molar-refractivity contribution in [2.45, 2.75) is 19.8 Å². The van der Waals surface area contributed by atoms with Crippen molar-refractivity contribution in [3.8, 4) is 5.75 Å². The van der Waals surface area contributed by atoms with E-state index < -0.39 is 0 Å². The van der Waals surface area contributed by atoms with Crippen molar-refractivity contribution in [3.05, 3.63) is 83.9 Å². The van der Waals surface area contributed by atoms with E-state index in [0.29, 0.717) is 31.5 Å². The highest BCUT2D eigenvalue weighted by atomic mass is 16.3. The highest BCUT2D eigenvalue weighted by molar-refractivity contribution is 5.97. The molecule has 6 heteroatoms. The molecular weight excluding hydrogens is 402 g/mol. The molecule has 0 radical (unpaired) electrons. The number of piperidine rings is 1. The van der Waals surface area contributed by atoms with E-state index in [1.54, 1.807) is 23.1 Å². The van der Waals surface area contributed by atoms with Gasteiger partial charge in [-0.1, -0.05) is 29.8 Å². The number of benzene rings is 3. The van der Waals surface area contributed by atoms with Gasteiger partial charge in [0, 0.05) is 36.1 Å². The Hall–Kier alpha value is -3.80. The van der Waals surface area contributed by atoms with Gasteiger partial charge in [0.1, 0.15) is 5.75 Å². The molecule has 1 heterocycles. The van der Waals surface area contributed by atoms with Crippen molar-refractivity contribution < 1.29 is 14.7 Å². The Morgan fingerprint density at radius 1 is 0.875 bits per heavy atom. The second-order valence-corrected chi connectivity index (χ2v) is 8.14. The SMILES string of the molecule is Cc1ccc(O)c(C(=O)N2CCC(C(=O)Nc3ccc(Nc4ccccc4)cc3)CC2)c1. The van der Waals surface area contributed by atoms with Gasteiger partial charge in [-0.05, 0) is 68.3 Å². The Balaban J connectivity index is 1.30. The average Bonchev–Trinajstić information content (AvgIpc) is 2.82. The van der Waals surface area contributed by atoms with Gasteiger partial charge in [0.05, 0.1) is 5.56 Å². The van der Waals surface area contributed by atoms with Crippen LogP contribution in [0.15, 0.2) is 72.8 Å². The van der Waals surface area contributed by atoms with E-state index in [4.69, 9.17) is 0 Å². The molecule has 164 valence electrons. The minimum Gasteiger partial charge on any atom is -0.507 e. The lowest BCUT2D eigenvalue weighted by Gasteiger charge is -2.31. The maximum absolute atomic E-state index is 12.8. The van der Waals surface area contributed by atoms with Crippen LogP contribution >= 0.6 is 0 Å². The molecule has 0 bridgehead atoms. The van der Waals surface area contributed by atoms with Gasteiger partial charge < -0.3 is 20.6 Å². The zero-order valence-electron chi connectivity index (χ0n) is 18.0. The van der Waals surface area contributed by atoms with Crippen LogP contribution in [0.5, 0.6) is 5.75 Å². The van der Waals surface area contributed by atoms with Crippen molar-refractivity contribution in [1.82, 2.24) is 4.90 Å². The first kappa shape index (κ1) is 21.4. The molecule has 1 aliphatic rings. The molecule has 3 N–H and O–H groups in total. The standard InChI is InChI=1S/C26H27N3O3/c1-18-7-12-24(30)23(17-18)26(32)29-15-13-19(14-16-29)25(31)28-22-10-8-21(9-11-22)27-20-5-3-2-4-6-20/h2-12,17,19,27,30H,13-16H2,1H3,(H,28,31). The molecule has 6 nitrogen and oxygen atoms in total. The first-order valence-corrected chi connectivity index (χ1v) is 10.8. The van der Waals surface area contributed by atoms with Gasteiger partial charge >= 0.3 is 0 Å². The number of phenols is 1. The summed E-state index contributed by atoms with van der Waals surface area (Å²) in [5, 5.41) is 16.3. The molecule has 4 rings (SSSR count). The molecular formula is C26H27N3O3. The summed E-state index contributed by atoms with van der Waals surface area (Å²) in [6.45, 7) is 2.87. The summed E-state index contributed by atoms with van der Waals surface area (Å²) in [4.78, 5) is 27.2. The van der Waals surface area contributed by atoms with Crippen molar-refractivity contribution in [1.29, 1.82) is 0 Å². The van der Waals surface area contributed by atoms with E-state index >= 15 is 0 Å². The summed E-state index contributed by atoms with van der Waals surface area (Å²) in [5.74, 6) is -0.372. The highest BCUT2D eigenvalue weighted by Crippen LogP contribution is 2.25. The third-order valence-corrected chi connectivity index (χ3v) is 5.75. The number of anilines is 3. The Morgan fingerprint density at radius 2 is 1.50 bits per heavy atom. The van der Waals surface area contributed by atoms with Crippen LogP contribution in [0.2, 0.25) is 0 Å². The molecule has 0 unspecified atom stereocenters. The van der Waals surface area contributed by atoms with Gasteiger partial charge in [-0.3, -0.25) is 9.59 Å². The summed E-state index contributed by atoms with van der Waals surface area (Å²) in [6, 6.07) is 22.5. The number of likely N-dealkylation sites (tertiary alicyclic amines) is 1. The van der Waals surface area contributed by atoms with Gasteiger partial charge in [0.2, 0.25) is 5.91 Å². The molecule has 0 spiro atoms. The van der Waals surface area contributed by atoms with Crippen LogP contribution in [0.25, 0.3) is 0 Å².